The number of piperidine rings is 1. The van der Waals surface area contributed by atoms with E-state index in [0.29, 0.717) is 10.8 Å². The molecule has 0 atom stereocenters. The van der Waals surface area contributed by atoms with Crippen molar-refractivity contribution >= 4 is 33.8 Å². The Morgan fingerprint density at radius 1 is 1.21 bits per heavy atom. The van der Waals surface area contributed by atoms with Crippen LogP contribution < -0.4 is 10.2 Å². The third-order valence-corrected chi connectivity index (χ3v) is 7.69. The highest BCUT2D eigenvalue weighted by molar-refractivity contribution is 7.15. The van der Waals surface area contributed by atoms with E-state index in [4.69, 9.17) is 0 Å². The van der Waals surface area contributed by atoms with Crippen LogP contribution in [-0.2, 0) is 6.54 Å². The molecule has 2 aliphatic heterocycles. The lowest BCUT2D eigenvalue weighted by Crippen LogP contribution is -2.44. The first kappa shape index (κ1) is 23.6. The predicted octanol–water partition coefficient (Wildman–Crippen LogP) is 3.60. The molecule has 0 saturated carbocycles. The van der Waals surface area contributed by atoms with Crippen LogP contribution >= 0.6 is 11.3 Å². The number of aryl methyl sites for hydroxylation is 1. The highest BCUT2D eigenvalue weighted by atomic mass is 32.1. The molecule has 2 aliphatic rings. The maximum absolute atomic E-state index is 12.9. The van der Waals surface area contributed by atoms with Crippen LogP contribution in [0.3, 0.4) is 0 Å². The first-order valence-electron chi connectivity index (χ1n) is 11.5. The molecule has 10 heteroatoms. The third kappa shape index (κ3) is 5.69. The molecule has 0 unspecified atom stereocenters. The first-order valence-corrected chi connectivity index (χ1v) is 12.3. The summed E-state index contributed by atoms with van der Waals surface area (Å²) in [5, 5.41) is 15.1. The number of benzene rings is 1. The van der Waals surface area contributed by atoms with Crippen LogP contribution in [-0.4, -0.2) is 71.9 Å². The summed E-state index contributed by atoms with van der Waals surface area (Å²) < 4.78 is 0. The Labute approximate surface area is 198 Å². The fraction of sp³-hybridized carbons (Fsp3) is 0.565. The van der Waals surface area contributed by atoms with Gasteiger partial charge in [0.2, 0.25) is 0 Å². The molecule has 2 saturated heterocycles. The number of hydrogen-bond acceptors (Lipinski definition) is 8. The summed E-state index contributed by atoms with van der Waals surface area (Å²) in [5.74, 6) is 0.403. The minimum atomic E-state index is -0.407. The van der Waals surface area contributed by atoms with Gasteiger partial charge in [-0.15, -0.1) is 11.3 Å². The summed E-state index contributed by atoms with van der Waals surface area (Å²) >= 11 is 1.48. The van der Waals surface area contributed by atoms with Crippen molar-refractivity contribution in [2.45, 2.75) is 33.2 Å². The van der Waals surface area contributed by atoms with Crippen LogP contribution in [0.5, 0.6) is 0 Å². The summed E-state index contributed by atoms with van der Waals surface area (Å²) in [6.45, 7) is 10.4. The van der Waals surface area contributed by atoms with Gasteiger partial charge in [-0.25, -0.2) is 4.98 Å². The summed E-state index contributed by atoms with van der Waals surface area (Å²) in [5.41, 5.74) is 1.71. The van der Waals surface area contributed by atoms with Crippen molar-refractivity contribution in [2.75, 3.05) is 56.5 Å². The zero-order valence-corrected chi connectivity index (χ0v) is 20.4. The number of amides is 1. The average molecular weight is 473 g/mol. The quantitative estimate of drug-likeness (QED) is 0.507. The number of nitrogens with one attached hydrogen (secondary N) is 1. The molecule has 3 heterocycles. The van der Waals surface area contributed by atoms with E-state index < -0.39 is 4.92 Å². The minimum Gasteiger partial charge on any atom is -0.363 e. The Hall–Kier alpha value is -2.56. The normalized spacial score (nSPS) is 18.5. The highest BCUT2D eigenvalue weighted by Crippen LogP contribution is 2.31. The van der Waals surface area contributed by atoms with Crippen LogP contribution in [0.4, 0.5) is 16.5 Å². The second-order valence-electron chi connectivity index (χ2n) is 9.19. The first-order chi connectivity index (χ1) is 15.8. The molecule has 9 nitrogen and oxygen atoms in total. The highest BCUT2D eigenvalue weighted by Gasteiger charge is 2.25. The van der Waals surface area contributed by atoms with Gasteiger partial charge in [-0.2, -0.15) is 0 Å². The number of likely N-dealkylation sites (N-methyl/N-ethyl adjacent to an activating group) is 1. The molecule has 1 aromatic carbocycles. The maximum Gasteiger partial charge on any atom is 0.293 e. The van der Waals surface area contributed by atoms with Crippen molar-refractivity contribution in [3.63, 3.8) is 0 Å². The van der Waals surface area contributed by atoms with Crippen molar-refractivity contribution in [3.8, 4) is 0 Å². The molecule has 0 spiro atoms. The summed E-state index contributed by atoms with van der Waals surface area (Å²) in [6, 6.07) is 4.72. The van der Waals surface area contributed by atoms with Crippen molar-refractivity contribution in [3.05, 3.63) is 44.4 Å². The number of thiazole rings is 1. The van der Waals surface area contributed by atoms with Gasteiger partial charge in [0.05, 0.1) is 10.6 Å². The van der Waals surface area contributed by atoms with Gasteiger partial charge in [0.15, 0.2) is 5.13 Å². The van der Waals surface area contributed by atoms with Gasteiger partial charge >= 0.3 is 0 Å². The summed E-state index contributed by atoms with van der Waals surface area (Å²) in [6.07, 6.45) is 2.43. The van der Waals surface area contributed by atoms with Crippen LogP contribution in [0, 0.1) is 23.0 Å². The number of nitro groups is 1. The number of nitrogens with zero attached hydrogens (tertiary/aromatic N) is 5. The number of likely N-dealkylation sites (tertiary alicyclic amines) is 1. The number of piperazine rings is 1. The second-order valence-corrected chi connectivity index (χ2v) is 10.3. The molecular formula is C23H32N6O3S. The molecule has 178 valence electrons. The van der Waals surface area contributed by atoms with E-state index >= 15 is 0 Å². The SMILES string of the molecule is Cc1nc(NC(=O)c2ccc(N3CCN(C)CC3)c([N+](=O)[O-])c2)sc1CN1CCC(C)CC1. The van der Waals surface area contributed by atoms with Crippen LogP contribution in [0.15, 0.2) is 18.2 Å². The van der Waals surface area contributed by atoms with Gasteiger partial charge in [0.1, 0.15) is 5.69 Å². The molecular weight excluding hydrogens is 440 g/mol. The molecule has 1 aromatic heterocycles. The molecule has 2 fully saturated rings. The number of aromatic nitrogens is 1. The molecule has 2 aromatic rings. The number of carbonyl (C=O) groups excluding carboxylic acids is 1. The van der Waals surface area contributed by atoms with Crippen molar-refractivity contribution in [2.24, 2.45) is 5.92 Å². The van der Waals surface area contributed by atoms with Crippen LogP contribution in [0.1, 0.15) is 40.7 Å². The zero-order valence-electron chi connectivity index (χ0n) is 19.5. The van der Waals surface area contributed by atoms with E-state index in [1.165, 1.54) is 30.2 Å². The fourth-order valence-electron chi connectivity index (χ4n) is 4.35. The summed E-state index contributed by atoms with van der Waals surface area (Å²) in [4.78, 5) is 36.5. The number of nitro benzene ring substituents is 1. The number of hydrogen-bond donors (Lipinski definition) is 1. The van der Waals surface area contributed by atoms with E-state index in [2.05, 4.69) is 27.0 Å². The van der Waals surface area contributed by atoms with E-state index in [9.17, 15) is 14.9 Å². The lowest BCUT2D eigenvalue weighted by atomic mass is 9.99. The van der Waals surface area contributed by atoms with E-state index in [-0.39, 0.29) is 17.2 Å². The lowest BCUT2D eigenvalue weighted by molar-refractivity contribution is -0.384. The Morgan fingerprint density at radius 3 is 2.58 bits per heavy atom. The molecule has 0 radical (unpaired) electrons. The van der Waals surface area contributed by atoms with Gasteiger partial charge in [0.25, 0.3) is 11.6 Å². The van der Waals surface area contributed by atoms with Crippen molar-refractivity contribution in [1.82, 2.24) is 14.8 Å². The monoisotopic (exact) mass is 472 g/mol. The lowest BCUT2D eigenvalue weighted by Gasteiger charge is -2.33. The Morgan fingerprint density at radius 2 is 1.91 bits per heavy atom. The van der Waals surface area contributed by atoms with Gasteiger partial charge in [0, 0.05) is 49.2 Å². The van der Waals surface area contributed by atoms with Crippen LogP contribution in [0.25, 0.3) is 0 Å². The van der Waals surface area contributed by atoms with Gasteiger partial charge in [-0.05, 0) is 58.0 Å². The largest absolute Gasteiger partial charge is 0.363 e. The maximum atomic E-state index is 12.9. The fourth-order valence-corrected chi connectivity index (χ4v) is 5.35. The minimum absolute atomic E-state index is 0.0393. The van der Waals surface area contributed by atoms with Crippen LogP contribution in [0.2, 0.25) is 0 Å². The Balaban J connectivity index is 1.45. The topological polar surface area (TPSA) is 94.9 Å². The average Bonchev–Trinajstić information content (AvgIpc) is 3.13. The molecule has 1 amide bonds. The molecule has 0 bridgehead atoms. The van der Waals surface area contributed by atoms with Gasteiger partial charge in [-0.3, -0.25) is 25.1 Å². The number of carbonyl (C=O) groups is 1. The summed E-state index contributed by atoms with van der Waals surface area (Å²) in [7, 11) is 2.04. The molecule has 1 N–H and O–H groups in total. The second kappa shape index (κ2) is 10.1. The van der Waals surface area contributed by atoms with Gasteiger partial charge < -0.3 is 9.80 Å². The Kier molecular flexibility index (Phi) is 7.26. The molecule has 4 rings (SSSR count). The number of anilines is 2. The van der Waals surface area contributed by atoms with E-state index in [0.717, 1.165) is 62.3 Å². The molecule has 0 aliphatic carbocycles. The molecule has 33 heavy (non-hydrogen) atoms. The van der Waals surface area contributed by atoms with E-state index in [1.807, 2.05) is 18.9 Å². The standard InChI is InChI=1S/C23H32N6O3S/c1-16-6-8-27(9-7-16)15-21-17(2)24-23(33-21)25-22(30)18-4-5-19(20(14-18)29(31)32)28-12-10-26(3)11-13-28/h4-5,14,16H,6-13,15H2,1-3H3,(H,24,25,30). The predicted molar refractivity (Wildman–Crippen MR) is 131 cm³/mol. The van der Waals surface area contributed by atoms with Crippen molar-refractivity contribution in [1.29, 1.82) is 0 Å². The van der Waals surface area contributed by atoms with E-state index in [1.54, 1.807) is 12.1 Å². The van der Waals surface area contributed by atoms with Crippen molar-refractivity contribution < 1.29 is 9.72 Å². The zero-order chi connectivity index (χ0) is 23.5. The smallest absolute Gasteiger partial charge is 0.293 e. The Bertz CT molecular complexity index is 1010. The number of rotatable bonds is 6. The third-order valence-electron chi connectivity index (χ3n) is 6.63. The van der Waals surface area contributed by atoms with Gasteiger partial charge in [-0.1, -0.05) is 6.92 Å².